The minimum atomic E-state index is -4.91. The molecule has 0 aliphatic heterocycles. The van der Waals surface area contributed by atoms with Gasteiger partial charge in [-0.05, 0) is 62.2 Å². The zero-order valence-electron chi connectivity index (χ0n) is 24.1. The Balaban J connectivity index is 2.18. The van der Waals surface area contributed by atoms with E-state index in [1.165, 1.54) is 24.3 Å². The SMILES string of the molecule is CCCNC(=O)C(CC)N(Cc1c(Cl)cccc1Cl)C(=O)CN(c1ccc(Cl)c(C(F)(F)F)c1)S(=O)(=O)c1ccc(C)cc1. The van der Waals surface area contributed by atoms with Gasteiger partial charge in [0.2, 0.25) is 11.8 Å². The van der Waals surface area contributed by atoms with Gasteiger partial charge in [-0.25, -0.2) is 8.42 Å². The Morgan fingerprint density at radius 1 is 0.932 bits per heavy atom. The fourth-order valence-corrected chi connectivity index (χ4v) is 6.54. The van der Waals surface area contributed by atoms with Crippen molar-refractivity contribution in [1.29, 1.82) is 0 Å². The van der Waals surface area contributed by atoms with E-state index < -0.39 is 56.9 Å². The second-order valence-electron chi connectivity index (χ2n) is 9.92. The quantitative estimate of drug-likeness (QED) is 0.213. The molecule has 0 aliphatic carbocycles. The summed E-state index contributed by atoms with van der Waals surface area (Å²) in [4.78, 5) is 28.2. The number of rotatable bonds is 12. The molecule has 1 atom stereocenters. The summed E-state index contributed by atoms with van der Waals surface area (Å²) in [5.41, 5.74) is -0.679. The van der Waals surface area contributed by atoms with E-state index in [0.717, 1.165) is 22.6 Å². The summed E-state index contributed by atoms with van der Waals surface area (Å²) in [6, 6.07) is 11.8. The molecule has 0 aliphatic rings. The van der Waals surface area contributed by atoms with Crippen LogP contribution in [0.15, 0.2) is 65.6 Å². The number of carbonyl (C=O) groups is 2. The van der Waals surface area contributed by atoms with Gasteiger partial charge in [-0.15, -0.1) is 0 Å². The van der Waals surface area contributed by atoms with Gasteiger partial charge in [0, 0.05) is 28.7 Å². The molecule has 1 unspecified atom stereocenters. The molecule has 3 aromatic rings. The Labute approximate surface area is 269 Å². The van der Waals surface area contributed by atoms with Crippen molar-refractivity contribution in [3.8, 4) is 0 Å². The summed E-state index contributed by atoms with van der Waals surface area (Å²) >= 11 is 18.6. The molecule has 2 amide bonds. The molecular weight excluding hydrogens is 662 g/mol. The highest BCUT2D eigenvalue weighted by Crippen LogP contribution is 2.38. The van der Waals surface area contributed by atoms with Crippen molar-refractivity contribution in [3.05, 3.63) is 92.4 Å². The molecule has 44 heavy (non-hydrogen) atoms. The second-order valence-corrected chi connectivity index (χ2v) is 13.0. The van der Waals surface area contributed by atoms with Crippen LogP contribution in [0.25, 0.3) is 0 Å². The summed E-state index contributed by atoms with van der Waals surface area (Å²) in [7, 11) is -4.61. The number of anilines is 1. The van der Waals surface area contributed by atoms with Gasteiger partial charge < -0.3 is 10.2 Å². The number of nitrogens with one attached hydrogen (secondary N) is 1. The minimum absolute atomic E-state index is 0.132. The summed E-state index contributed by atoms with van der Waals surface area (Å²) < 4.78 is 69.9. The molecule has 238 valence electrons. The van der Waals surface area contributed by atoms with Crippen molar-refractivity contribution >= 4 is 62.3 Å². The zero-order chi connectivity index (χ0) is 32.8. The highest BCUT2D eigenvalue weighted by atomic mass is 35.5. The zero-order valence-corrected chi connectivity index (χ0v) is 27.2. The summed E-state index contributed by atoms with van der Waals surface area (Å²) in [5.74, 6) is -1.37. The first-order valence-corrected chi connectivity index (χ1v) is 16.1. The number of nitrogens with zero attached hydrogens (tertiary/aromatic N) is 2. The third-order valence-corrected chi connectivity index (χ3v) is 9.58. The van der Waals surface area contributed by atoms with E-state index in [4.69, 9.17) is 34.8 Å². The van der Waals surface area contributed by atoms with Crippen molar-refractivity contribution in [2.45, 2.75) is 57.3 Å². The molecule has 0 aromatic heterocycles. The number of aryl methyl sites for hydroxylation is 1. The Hall–Kier alpha value is -2.99. The Morgan fingerprint density at radius 2 is 1.55 bits per heavy atom. The number of sulfonamides is 1. The van der Waals surface area contributed by atoms with Gasteiger partial charge in [0.25, 0.3) is 10.0 Å². The molecule has 0 heterocycles. The fraction of sp³-hybridized carbons (Fsp3) is 0.333. The molecular formula is C30H31Cl3F3N3O4S. The van der Waals surface area contributed by atoms with Gasteiger partial charge in [0.15, 0.2) is 0 Å². The number of halogens is 6. The first-order chi connectivity index (χ1) is 20.6. The van der Waals surface area contributed by atoms with Crippen LogP contribution in [0.3, 0.4) is 0 Å². The van der Waals surface area contributed by atoms with E-state index in [1.807, 2.05) is 6.92 Å². The Bertz CT molecular complexity index is 1580. The fourth-order valence-electron chi connectivity index (χ4n) is 4.39. The molecule has 1 N–H and O–H groups in total. The number of alkyl halides is 3. The lowest BCUT2D eigenvalue weighted by Gasteiger charge is -2.33. The van der Waals surface area contributed by atoms with Gasteiger partial charge in [0.1, 0.15) is 12.6 Å². The normalized spacial score (nSPS) is 12.5. The standard InChI is InChI=1S/C30H31Cl3F3N3O4S/c1-4-15-37-29(41)27(5-2)38(17-22-24(31)7-6-8-25(22)32)28(40)18-39(44(42,43)21-12-9-19(3)10-13-21)20-11-14-26(33)23(16-20)30(34,35)36/h6-14,16,27H,4-5,15,17-18H2,1-3H3,(H,37,41). The van der Waals surface area contributed by atoms with Crippen LogP contribution in [-0.4, -0.2) is 44.3 Å². The lowest BCUT2D eigenvalue weighted by atomic mass is 10.1. The molecule has 0 spiro atoms. The number of hydrogen-bond donors (Lipinski definition) is 1. The lowest BCUT2D eigenvalue weighted by Crippen LogP contribution is -2.52. The van der Waals surface area contributed by atoms with Gasteiger partial charge in [-0.1, -0.05) is 72.4 Å². The molecule has 7 nitrogen and oxygen atoms in total. The number of amides is 2. The molecule has 14 heteroatoms. The van der Waals surface area contributed by atoms with E-state index in [9.17, 15) is 31.2 Å². The molecule has 0 radical (unpaired) electrons. The monoisotopic (exact) mass is 691 g/mol. The Kier molecular flexibility index (Phi) is 12.0. The van der Waals surface area contributed by atoms with Gasteiger partial charge >= 0.3 is 6.18 Å². The predicted molar refractivity (Wildman–Crippen MR) is 167 cm³/mol. The minimum Gasteiger partial charge on any atom is -0.354 e. The van der Waals surface area contributed by atoms with E-state index in [1.54, 1.807) is 32.0 Å². The molecule has 0 saturated heterocycles. The largest absolute Gasteiger partial charge is 0.417 e. The molecule has 0 fully saturated rings. The van der Waals surface area contributed by atoms with Crippen molar-refractivity contribution in [2.24, 2.45) is 0 Å². The molecule has 3 aromatic carbocycles. The average Bonchev–Trinajstić information content (AvgIpc) is 2.96. The number of carbonyl (C=O) groups excluding carboxylic acids is 2. The summed E-state index contributed by atoms with van der Waals surface area (Å²) in [6.07, 6.45) is -4.16. The van der Waals surface area contributed by atoms with Gasteiger partial charge in [0.05, 0.1) is 21.2 Å². The highest BCUT2D eigenvalue weighted by Gasteiger charge is 2.37. The highest BCUT2D eigenvalue weighted by molar-refractivity contribution is 7.92. The van der Waals surface area contributed by atoms with Crippen LogP contribution in [0, 0.1) is 6.92 Å². The van der Waals surface area contributed by atoms with Crippen molar-refractivity contribution in [1.82, 2.24) is 10.2 Å². The smallest absolute Gasteiger partial charge is 0.354 e. The van der Waals surface area contributed by atoms with Crippen LogP contribution in [0.2, 0.25) is 15.1 Å². The first-order valence-electron chi connectivity index (χ1n) is 13.6. The van der Waals surface area contributed by atoms with Crippen LogP contribution >= 0.6 is 34.8 Å². The topological polar surface area (TPSA) is 86.8 Å². The van der Waals surface area contributed by atoms with E-state index >= 15 is 0 Å². The third kappa shape index (κ3) is 8.38. The number of benzene rings is 3. The van der Waals surface area contributed by atoms with Gasteiger partial charge in [-0.2, -0.15) is 13.2 Å². The maximum absolute atomic E-state index is 14.1. The summed E-state index contributed by atoms with van der Waals surface area (Å²) in [6.45, 7) is 4.35. The van der Waals surface area contributed by atoms with E-state index in [2.05, 4.69) is 5.32 Å². The van der Waals surface area contributed by atoms with Crippen molar-refractivity contribution in [2.75, 3.05) is 17.4 Å². The van der Waals surface area contributed by atoms with E-state index in [0.29, 0.717) is 28.9 Å². The maximum atomic E-state index is 14.1. The first kappa shape index (κ1) is 35.5. The lowest BCUT2D eigenvalue weighted by molar-refractivity contribution is -0.140. The molecule has 0 saturated carbocycles. The third-order valence-electron chi connectivity index (χ3n) is 6.76. The van der Waals surface area contributed by atoms with Gasteiger partial charge in [-0.3, -0.25) is 13.9 Å². The predicted octanol–water partition coefficient (Wildman–Crippen LogP) is 7.50. The van der Waals surface area contributed by atoms with E-state index in [-0.39, 0.29) is 27.9 Å². The van der Waals surface area contributed by atoms with Crippen molar-refractivity contribution < 1.29 is 31.2 Å². The average molecular weight is 693 g/mol. The van der Waals surface area contributed by atoms with Crippen LogP contribution in [0.1, 0.15) is 43.4 Å². The molecule has 3 rings (SSSR count). The van der Waals surface area contributed by atoms with Crippen LogP contribution in [-0.2, 0) is 32.3 Å². The summed E-state index contributed by atoms with van der Waals surface area (Å²) in [5, 5.41) is 2.50. The second kappa shape index (κ2) is 14.9. The maximum Gasteiger partial charge on any atom is 0.417 e. The molecule has 0 bridgehead atoms. The van der Waals surface area contributed by atoms with Crippen LogP contribution in [0.5, 0.6) is 0 Å². The number of hydrogen-bond acceptors (Lipinski definition) is 4. The Morgan fingerprint density at radius 3 is 2.09 bits per heavy atom. The van der Waals surface area contributed by atoms with Crippen molar-refractivity contribution in [3.63, 3.8) is 0 Å². The van der Waals surface area contributed by atoms with Crippen LogP contribution < -0.4 is 9.62 Å². The van der Waals surface area contributed by atoms with Crippen LogP contribution in [0.4, 0.5) is 18.9 Å².